The number of nitrogens with one attached hydrogen (secondary N) is 1. The van der Waals surface area contributed by atoms with Crippen molar-refractivity contribution in [1.82, 2.24) is 15.4 Å². The van der Waals surface area contributed by atoms with Crippen molar-refractivity contribution in [1.29, 1.82) is 0 Å². The molecule has 1 N–H and O–H groups in total. The van der Waals surface area contributed by atoms with Gasteiger partial charge < -0.3 is 14.7 Å². The molecule has 0 aliphatic heterocycles. The van der Waals surface area contributed by atoms with Crippen LogP contribution in [0.4, 0.5) is 0 Å². The summed E-state index contributed by atoms with van der Waals surface area (Å²) in [6.45, 7) is 6.55. The molecule has 0 saturated heterocycles. The molecule has 0 atom stereocenters. The third kappa shape index (κ3) is 6.59. The molecule has 1 aromatic heterocycles. The van der Waals surface area contributed by atoms with E-state index in [1.807, 2.05) is 32.9 Å². The Kier molecular flexibility index (Phi) is 8.19. The van der Waals surface area contributed by atoms with Gasteiger partial charge in [0.25, 0.3) is 0 Å². The molecule has 2 aromatic rings. The molecule has 146 valence electrons. The van der Waals surface area contributed by atoms with Crippen molar-refractivity contribution >= 4 is 35.2 Å². The van der Waals surface area contributed by atoms with Gasteiger partial charge in [-0.1, -0.05) is 28.9 Å². The van der Waals surface area contributed by atoms with Crippen LogP contribution in [0, 0.1) is 13.8 Å². The average Bonchev–Trinajstić information content (AvgIpc) is 2.97. The second-order valence-electron chi connectivity index (χ2n) is 6.11. The third-order valence-corrected chi connectivity index (χ3v) is 5.32. The highest BCUT2D eigenvalue weighted by Crippen LogP contribution is 2.19. The van der Waals surface area contributed by atoms with E-state index in [0.717, 1.165) is 22.6 Å². The molecule has 8 heteroatoms. The number of amides is 2. The lowest BCUT2D eigenvalue weighted by Gasteiger charge is -2.20. The average molecular weight is 410 g/mol. The number of aryl methyl sites for hydroxylation is 2. The summed E-state index contributed by atoms with van der Waals surface area (Å²) in [6.07, 6.45) is 0. The van der Waals surface area contributed by atoms with Crippen molar-refractivity contribution in [3.05, 3.63) is 51.9 Å². The first-order chi connectivity index (χ1) is 12.9. The van der Waals surface area contributed by atoms with Crippen LogP contribution in [0.2, 0.25) is 5.02 Å². The number of aromatic nitrogens is 1. The first-order valence-corrected chi connectivity index (χ1v) is 10.2. The van der Waals surface area contributed by atoms with Gasteiger partial charge in [-0.05, 0) is 38.5 Å². The van der Waals surface area contributed by atoms with E-state index in [1.165, 1.54) is 11.8 Å². The van der Waals surface area contributed by atoms with E-state index in [2.05, 4.69) is 10.5 Å². The van der Waals surface area contributed by atoms with E-state index in [1.54, 1.807) is 17.0 Å². The molecule has 0 fully saturated rings. The Bertz CT molecular complexity index is 758. The van der Waals surface area contributed by atoms with Crippen molar-refractivity contribution in [3.63, 3.8) is 0 Å². The molecule has 2 rings (SSSR count). The van der Waals surface area contributed by atoms with E-state index in [-0.39, 0.29) is 18.4 Å². The normalized spacial score (nSPS) is 10.7. The lowest BCUT2D eigenvalue weighted by atomic mass is 10.2. The molecular formula is C19H24ClN3O3S. The fraction of sp³-hybridized carbons (Fsp3) is 0.421. The summed E-state index contributed by atoms with van der Waals surface area (Å²) < 4.78 is 5.13. The number of thioether (sulfide) groups is 1. The summed E-state index contributed by atoms with van der Waals surface area (Å²) in [7, 11) is 0. The zero-order valence-electron chi connectivity index (χ0n) is 15.8. The number of nitrogens with zero attached hydrogens (tertiary/aromatic N) is 2. The Hall–Kier alpha value is -1.99. The molecule has 1 aromatic carbocycles. The van der Waals surface area contributed by atoms with Gasteiger partial charge in [0, 0.05) is 29.4 Å². The number of hydrogen-bond acceptors (Lipinski definition) is 5. The maximum atomic E-state index is 12.4. The standard InChI is InChI=1S/C19H24ClN3O3S/c1-4-23(10-18(24)21-9-15-5-7-16(20)8-6-15)19(25)12-27-11-17-13(2)22-26-14(17)3/h5-8H,4,9-12H2,1-3H3,(H,21,24). The predicted octanol–water partition coefficient (Wildman–Crippen LogP) is 3.34. The number of hydrogen-bond donors (Lipinski definition) is 1. The molecule has 1 heterocycles. The van der Waals surface area contributed by atoms with Gasteiger partial charge in [0.15, 0.2) is 0 Å². The van der Waals surface area contributed by atoms with Crippen LogP contribution in [-0.4, -0.2) is 40.7 Å². The highest BCUT2D eigenvalue weighted by molar-refractivity contribution is 7.99. The second-order valence-corrected chi connectivity index (χ2v) is 7.53. The molecule has 0 unspecified atom stereocenters. The van der Waals surface area contributed by atoms with Crippen molar-refractivity contribution in [2.75, 3.05) is 18.8 Å². The maximum absolute atomic E-state index is 12.4. The maximum Gasteiger partial charge on any atom is 0.239 e. The van der Waals surface area contributed by atoms with Crippen molar-refractivity contribution in [3.8, 4) is 0 Å². The molecule has 0 saturated carbocycles. The SMILES string of the molecule is CCN(CC(=O)NCc1ccc(Cl)cc1)C(=O)CSCc1c(C)noc1C. The molecule has 0 spiro atoms. The second kappa shape index (κ2) is 10.4. The summed E-state index contributed by atoms with van der Waals surface area (Å²) in [5.74, 6) is 1.50. The van der Waals surface area contributed by atoms with Crippen molar-refractivity contribution < 1.29 is 14.1 Å². The van der Waals surface area contributed by atoms with Gasteiger partial charge in [-0.3, -0.25) is 9.59 Å². The Morgan fingerprint density at radius 1 is 1.26 bits per heavy atom. The Labute approximate surface area is 168 Å². The zero-order valence-corrected chi connectivity index (χ0v) is 17.3. The lowest BCUT2D eigenvalue weighted by Crippen LogP contribution is -2.41. The first kappa shape index (κ1) is 21.3. The van der Waals surface area contributed by atoms with Crippen LogP contribution >= 0.6 is 23.4 Å². The monoisotopic (exact) mass is 409 g/mol. The Morgan fingerprint density at radius 3 is 2.56 bits per heavy atom. The first-order valence-electron chi connectivity index (χ1n) is 8.69. The van der Waals surface area contributed by atoms with Gasteiger partial charge in [0.1, 0.15) is 5.76 Å². The smallest absolute Gasteiger partial charge is 0.239 e. The fourth-order valence-corrected chi connectivity index (χ4v) is 3.65. The van der Waals surface area contributed by atoms with Gasteiger partial charge in [0.05, 0.1) is 18.0 Å². The predicted molar refractivity (Wildman–Crippen MR) is 108 cm³/mol. The van der Waals surface area contributed by atoms with Gasteiger partial charge in [-0.2, -0.15) is 0 Å². The number of halogens is 1. The number of likely N-dealkylation sites (N-methyl/N-ethyl adjacent to an activating group) is 1. The Morgan fingerprint density at radius 2 is 1.96 bits per heavy atom. The fourth-order valence-electron chi connectivity index (χ4n) is 2.45. The summed E-state index contributed by atoms with van der Waals surface area (Å²) in [5, 5.41) is 7.39. The molecule has 0 aliphatic carbocycles. The van der Waals surface area contributed by atoms with E-state index in [9.17, 15) is 9.59 Å². The van der Waals surface area contributed by atoms with Crippen LogP contribution in [0.15, 0.2) is 28.8 Å². The van der Waals surface area contributed by atoms with Crippen LogP contribution in [0.3, 0.4) is 0 Å². The number of carbonyl (C=O) groups is 2. The van der Waals surface area contributed by atoms with Gasteiger partial charge in [-0.15, -0.1) is 11.8 Å². The molecule has 27 heavy (non-hydrogen) atoms. The Balaban J connectivity index is 1.76. The van der Waals surface area contributed by atoms with Crippen molar-refractivity contribution in [2.24, 2.45) is 0 Å². The quantitative estimate of drug-likeness (QED) is 0.687. The molecular weight excluding hydrogens is 386 g/mol. The summed E-state index contributed by atoms with van der Waals surface area (Å²) in [4.78, 5) is 26.1. The summed E-state index contributed by atoms with van der Waals surface area (Å²) >= 11 is 7.34. The summed E-state index contributed by atoms with van der Waals surface area (Å²) in [5.41, 5.74) is 2.83. The van der Waals surface area contributed by atoms with E-state index >= 15 is 0 Å². The van der Waals surface area contributed by atoms with Crippen LogP contribution in [0.5, 0.6) is 0 Å². The highest BCUT2D eigenvalue weighted by Gasteiger charge is 2.16. The molecule has 0 radical (unpaired) electrons. The summed E-state index contributed by atoms with van der Waals surface area (Å²) in [6, 6.07) is 7.27. The van der Waals surface area contributed by atoms with Crippen molar-refractivity contribution in [2.45, 2.75) is 33.1 Å². The minimum Gasteiger partial charge on any atom is -0.361 e. The van der Waals surface area contributed by atoms with E-state index in [0.29, 0.717) is 29.6 Å². The van der Waals surface area contributed by atoms with E-state index < -0.39 is 0 Å². The number of benzene rings is 1. The van der Waals surface area contributed by atoms with Gasteiger partial charge >= 0.3 is 0 Å². The molecule has 6 nitrogen and oxygen atoms in total. The van der Waals surface area contributed by atoms with E-state index in [4.69, 9.17) is 16.1 Å². The van der Waals surface area contributed by atoms with Crippen LogP contribution in [-0.2, 0) is 21.9 Å². The number of carbonyl (C=O) groups excluding carboxylic acids is 2. The molecule has 2 amide bonds. The van der Waals surface area contributed by atoms with Gasteiger partial charge in [-0.25, -0.2) is 0 Å². The lowest BCUT2D eigenvalue weighted by molar-refractivity contribution is -0.133. The van der Waals surface area contributed by atoms with Gasteiger partial charge in [0.2, 0.25) is 11.8 Å². The highest BCUT2D eigenvalue weighted by atomic mass is 35.5. The zero-order chi connectivity index (χ0) is 19.8. The van der Waals surface area contributed by atoms with Crippen LogP contribution in [0.1, 0.15) is 29.5 Å². The molecule has 0 bridgehead atoms. The van der Waals surface area contributed by atoms with Crippen LogP contribution in [0.25, 0.3) is 0 Å². The van der Waals surface area contributed by atoms with Crippen LogP contribution < -0.4 is 5.32 Å². The largest absolute Gasteiger partial charge is 0.361 e. The topological polar surface area (TPSA) is 75.4 Å². The molecule has 0 aliphatic rings. The third-order valence-electron chi connectivity index (χ3n) is 4.12. The minimum atomic E-state index is -0.184. The number of rotatable bonds is 9. The minimum absolute atomic E-state index is 0.0504.